The van der Waals surface area contributed by atoms with Crippen LogP contribution in [0.4, 0.5) is 0 Å². The lowest BCUT2D eigenvalue weighted by Crippen LogP contribution is -2.35. The summed E-state index contributed by atoms with van der Waals surface area (Å²) in [6.07, 6.45) is 3.35. The highest BCUT2D eigenvalue weighted by molar-refractivity contribution is 5.93. The van der Waals surface area contributed by atoms with Gasteiger partial charge in [-0.2, -0.15) is 10.2 Å². The summed E-state index contributed by atoms with van der Waals surface area (Å²) in [5.74, 6) is 1.25. The smallest absolute Gasteiger partial charge is 0.240 e. The molecule has 1 aliphatic rings. The Morgan fingerprint density at radius 1 is 1.23 bits per heavy atom. The largest absolute Gasteiger partial charge is 0.476 e. The quantitative estimate of drug-likeness (QED) is 0.357. The van der Waals surface area contributed by atoms with Crippen LogP contribution in [0.25, 0.3) is 34.2 Å². The molecule has 2 N–H and O–H groups in total. The number of likely N-dealkylation sites (N-methyl/N-ethyl adjacent to an activating group) is 1. The van der Waals surface area contributed by atoms with Crippen LogP contribution in [-0.2, 0) is 31.5 Å². The summed E-state index contributed by atoms with van der Waals surface area (Å²) in [7, 11) is 3.57. The van der Waals surface area contributed by atoms with Crippen molar-refractivity contribution in [1.29, 1.82) is 0 Å². The zero-order valence-electron chi connectivity index (χ0n) is 24.1. The normalized spacial score (nSPS) is 17.6. The van der Waals surface area contributed by atoms with Crippen molar-refractivity contribution in [2.45, 2.75) is 59.6 Å². The van der Waals surface area contributed by atoms with E-state index in [-0.39, 0.29) is 6.10 Å². The molecule has 4 heterocycles. The van der Waals surface area contributed by atoms with Gasteiger partial charge in [-0.05, 0) is 57.2 Å². The molecule has 40 heavy (non-hydrogen) atoms. The van der Waals surface area contributed by atoms with Crippen LogP contribution in [0.3, 0.4) is 0 Å². The van der Waals surface area contributed by atoms with Crippen molar-refractivity contribution in [3.63, 3.8) is 0 Å². The SMILES string of the molecule is CCOc1nn(C[C@H](C)O)c2c1/C=C/c1[nH]nc3ccc(cc13)-c1c(COC)nn(C)c1O[C@@H](C)CN(CC)C2. The number of aliphatic hydroxyl groups is 1. The Bertz CT molecular complexity index is 1500. The predicted molar refractivity (Wildman–Crippen MR) is 154 cm³/mol. The number of aryl methyl sites for hydroxylation is 1. The van der Waals surface area contributed by atoms with Crippen LogP contribution in [-0.4, -0.2) is 78.8 Å². The van der Waals surface area contributed by atoms with Gasteiger partial charge in [0.05, 0.1) is 59.6 Å². The number of rotatable bonds is 7. The average molecular weight is 550 g/mol. The van der Waals surface area contributed by atoms with Crippen LogP contribution in [0.2, 0.25) is 0 Å². The number of aromatic amines is 1. The highest BCUT2D eigenvalue weighted by atomic mass is 16.5. The van der Waals surface area contributed by atoms with Crippen molar-refractivity contribution in [3.8, 4) is 22.9 Å². The fourth-order valence-corrected chi connectivity index (χ4v) is 5.28. The van der Waals surface area contributed by atoms with E-state index in [9.17, 15) is 5.11 Å². The van der Waals surface area contributed by atoms with Crippen LogP contribution in [0.5, 0.6) is 11.8 Å². The second-order valence-corrected chi connectivity index (χ2v) is 10.3. The summed E-state index contributed by atoms with van der Waals surface area (Å²) >= 11 is 0. The number of aliphatic hydroxyl groups excluding tert-OH is 1. The first-order chi connectivity index (χ1) is 19.3. The minimum Gasteiger partial charge on any atom is -0.476 e. The van der Waals surface area contributed by atoms with Gasteiger partial charge in [0, 0.05) is 32.6 Å². The van der Waals surface area contributed by atoms with E-state index >= 15 is 0 Å². The van der Waals surface area contributed by atoms with Gasteiger partial charge in [-0.15, -0.1) is 5.10 Å². The fourth-order valence-electron chi connectivity index (χ4n) is 5.28. The second kappa shape index (κ2) is 11.8. The summed E-state index contributed by atoms with van der Waals surface area (Å²) in [6, 6.07) is 6.17. The third kappa shape index (κ3) is 5.49. The molecule has 0 saturated heterocycles. The first-order valence-electron chi connectivity index (χ1n) is 13.8. The molecule has 11 heteroatoms. The number of benzene rings is 1. The van der Waals surface area contributed by atoms with E-state index < -0.39 is 6.10 Å². The van der Waals surface area contributed by atoms with Crippen LogP contribution in [0.1, 0.15) is 50.3 Å². The zero-order chi connectivity index (χ0) is 28.4. The molecule has 2 bridgehead atoms. The molecule has 3 aromatic heterocycles. The van der Waals surface area contributed by atoms with Crippen LogP contribution in [0, 0.1) is 0 Å². The van der Waals surface area contributed by atoms with E-state index in [0.717, 1.165) is 51.2 Å². The molecule has 1 aliphatic heterocycles. The van der Waals surface area contributed by atoms with E-state index in [1.54, 1.807) is 18.7 Å². The molecule has 0 aliphatic carbocycles. The number of nitrogens with zero attached hydrogens (tertiary/aromatic N) is 6. The Morgan fingerprint density at radius 2 is 2.05 bits per heavy atom. The number of H-pyrrole nitrogens is 1. The summed E-state index contributed by atoms with van der Waals surface area (Å²) in [6.45, 7) is 11.2. The van der Waals surface area contributed by atoms with E-state index in [2.05, 4.69) is 35.0 Å². The van der Waals surface area contributed by atoms with E-state index in [4.69, 9.17) is 24.4 Å². The molecule has 2 atom stereocenters. The zero-order valence-corrected chi connectivity index (χ0v) is 24.1. The van der Waals surface area contributed by atoms with Gasteiger partial charge >= 0.3 is 0 Å². The number of methoxy groups -OCH3 is 1. The molecule has 0 fully saturated rings. The average Bonchev–Trinajstić information content (AvgIpc) is 3.55. The highest BCUT2D eigenvalue weighted by Gasteiger charge is 2.25. The molecular weight excluding hydrogens is 510 g/mol. The highest BCUT2D eigenvalue weighted by Crippen LogP contribution is 2.37. The minimum atomic E-state index is -0.559. The maximum atomic E-state index is 10.2. The van der Waals surface area contributed by atoms with Crippen molar-refractivity contribution >= 4 is 23.1 Å². The van der Waals surface area contributed by atoms with Gasteiger partial charge in [-0.1, -0.05) is 13.0 Å². The van der Waals surface area contributed by atoms with Gasteiger partial charge in [0.15, 0.2) is 0 Å². The van der Waals surface area contributed by atoms with Gasteiger partial charge in [-0.3, -0.25) is 14.7 Å². The first kappa shape index (κ1) is 27.9. The molecule has 0 amide bonds. The van der Waals surface area contributed by atoms with Gasteiger partial charge in [0.1, 0.15) is 6.10 Å². The van der Waals surface area contributed by atoms with E-state index in [1.807, 2.05) is 42.9 Å². The Labute approximate surface area is 234 Å². The number of aromatic nitrogens is 6. The lowest BCUT2D eigenvalue weighted by atomic mass is 10.0. The topological polar surface area (TPSA) is 115 Å². The third-order valence-electron chi connectivity index (χ3n) is 7.07. The molecule has 5 rings (SSSR count). The van der Waals surface area contributed by atoms with Gasteiger partial charge in [0.2, 0.25) is 11.8 Å². The number of fused-ring (bicyclic) bond motifs is 4. The molecule has 0 unspecified atom stereocenters. The summed E-state index contributed by atoms with van der Waals surface area (Å²) in [5.41, 5.74) is 6.29. The first-order valence-corrected chi connectivity index (χ1v) is 13.8. The Balaban J connectivity index is 1.72. The molecule has 1 aromatic carbocycles. The molecular formula is C29H39N7O4. The number of ether oxygens (including phenoxy) is 3. The summed E-state index contributed by atoms with van der Waals surface area (Å²) in [5, 5.41) is 28.4. The number of hydrogen-bond acceptors (Lipinski definition) is 8. The van der Waals surface area contributed by atoms with Crippen molar-refractivity contribution in [2.75, 3.05) is 26.8 Å². The molecule has 4 aromatic rings. The van der Waals surface area contributed by atoms with Crippen LogP contribution < -0.4 is 9.47 Å². The second-order valence-electron chi connectivity index (χ2n) is 10.3. The molecule has 0 spiro atoms. The van der Waals surface area contributed by atoms with Gasteiger partial charge in [0.25, 0.3) is 0 Å². The Morgan fingerprint density at radius 3 is 2.77 bits per heavy atom. The molecule has 11 nitrogen and oxygen atoms in total. The lowest BCUT2D eigenvalue weighted by Gasteiger charge is -2.26. The maximum absolute atomic E-state index is 10.2. The Hall–Kier alpha value is -3.67. The lowest BCUT2D eigenvalue weighted by molar-refractivity contribution is 0.131. The van der Waals surface area contributed by atoms with Crippen molar-refractivity contribution in [1.82, 2.24) is 34.7 Å². The molecule has 0 radical (unpaired) electrons. The summed E-state index contributed by atoms with van der Waals surface area (Å²) < 4.78 is 21.7. The summed E-state index contributed by atoms with van der Waals surface area (Å²) in [4.78, 5) is 2.31. The maximum Gasteiger partial charge on any atom is 0.240 e. The number of nitrogens with one attached hydrogen (secondary N) is 1. The van der Waals surface area contributed by atoms with Gasteiger partial charge in [-0.25, -0.2) is 4.68 Å². The Kier molecular flexibility index (Phi) is 8.24. The minimum absolute atomic E-state index is 0.138. The standard InChI is InChI=1S/C29H39N7O4/c1-7-35-15-19(4)40-29-27(25(17-38-6)32-34(29)5)20-9-11-23-22(13-20)24(31-30-23)12-10-21-26(16-35)36(14-18(3)37)33-28(21)39-8-2/h9-13,18-19,37H,7-8,14-17H2,1-6H3,(H,30,31)/b12-10+/t18-,19-/m0/s1. The van der Waals surface area contributed by atoms with Crippen LogP contribution in [0.15, 0.2) is 18.2 Å². The van der Waals surface area contributed by atoms with E-state index in [0.29, 0.717) is 44.6 Å². The monoisotopic (exact) mass is 549 g/mol. The van der Waals surface area contributed by atoms with Gasteiger partial charge < -0.3 is 19.3 Å². The molecule has 0 saturated carbocycles. The third-order valence-corrected chi connectivity index (χ3v) is 7.07. The fraction of sp³-hybridized carbons (Fsp3) is 0.483. The molecule has 214 valence electrons. The van der Waals surface area contributed by atoms with Crippen LogP contribution >= 0.6 is 0 Å². The van der Waals surface area contributed by atoms with Crippen molar-refractivity contribution in [2.24, 2.45) is 7.05 Å². The van der Waals surface area contributed by atoms with Crippen molar-refractivity contribution in [3.05, 3.63) is 40.8 Å². The van der Waals surface area contributed by atoms with E-state index in [1.165, 1.54) is 0 Å². The van der Waals surface area contributed by atoms with Crippen molar-refractivity contribution < 1.29 is 19.3 Å². The predicted octanol–water partition coefficient (Wildman–Crippen LogP) is 3.86. The number of hydrogen-bond donors (Lipinski definition) is 2.